The van der Waals surface area contributed by atoms with Gasteiger partial charge >= 0.3 is 19.8 Å². The van der Waals surface area contributed by atoms with Gasteiger partial charge in [0.05, 0.1) is 13.2 Å². The van der Waals surface area contributed by atoms with Crippen molar-refractivity contribution in [1.82, 2.24) is 0 Å². The van der Waals surface area contributed by atoms with Gasteiger partial charge in [-0.05, 0) is 109 Å². The molecule has 0 aromatic carbocycles. The Kier molecular flexibility index (Phi) is 68.1. The van der Waals surface area contributed by atoms with Gasteiger partial charge in [-0.2, -0.15) is 0 Å². The lowest BCUT2D eigenvalue weighted by atomic mass is 10.0. The summed E-state index contributed by atoms with van der Waals surface area (Å²) in [6, 6.07) is 0. The lowest BCUT2D eigenvalue weighted by Crippen LogP contribution is -2.29. The zero-order valence-corrected chi connectivity index (χ0v) is 56.9. The molecule has 0 fully saturated rings. The van der Waals surface area contributed by atoms with E-state index >= 15 is 0 Å². The molecule has 0 amide bonds. The molecule has 0 rings (SSSR count). The molecule has 0 aliphatic rings. The number of esters is 2. The normalized spacial score (nSPS) is 13.7. The largest absolute Gasteiger partial charge is 0.472 e. The molecular weight excluding hydrogens is 1100 g/mol. The molecule has 87 heavy (non-hydrogen) atoms. The maximum absolute atomic E-state index is 12.7. The van der Waals surface area contributed by atoms with Gasteiger partial charge in [0.1, 0.15) is 6.61 Å². The van der Waals surface area contributed by atoms with E-state index < -0.39 is 26.5 Å². The first-order valence-corrected chi connectivity index (χ1v) is 37.2. The van der Waals surface area contributed by atoms with Gasteiger partial charge in [0.15, 0.2) is 6.10 Å². The number of carbonyl (C=O) groups excluding carboxylic acids is 2. The van der Waals surface area contributed by atoms with Crippen LogP contribution in [0, 0.1) is 0 Å². The Bertz CT molecular complexity index is 1890. The number of ether oxygens (including phenoxy) is 2. The van der Waals surface area contributed by atoms with Gasteiger partial charge in [0, 0.05) is 19.4 Å². The number of phosphoric acid groups is 1. The molecule has 0 heterocycles. The highest BCUT2D eigenvalue weighted by Crippen LogP contribution is 2.43. The van der Waals surface area contributed by atoms with E-state index in [0.29, 0.717) is 6.42 Å². The van der Waals surface area contributed by atoms with Crippen molar-refractivity contribution in [3.63, 3.8) is 0 Å². The minimum absolute atomic E-state index is 0.0462. The number of hydrogen-bond donors (Lipinski definition) is 2. The van der Waals surface area contributed by atoms with Crippen LogP contribution in [0.15, 0.2) is 134 Å². The molecule has 0 spiro atoms. The van der Waals surface area contributed by atoms with Gasteiger partial charge in [-0.3, -0.25) is 18.6 Å². The van der Waals surface area contributed by atoms with Gasteiger partial charge in [-0.15, -0.1) is 0 Å². The summed E-state index contributed by atoms with van der Waals surface area (Å²) in [5.74, 6) is -0.840. The first-order chi connectivity index (χ1) is 42.8. The number of allylic oxidation sites excluding steroid dienone is 22. The Morgan fingerprint density at radius 3 is 0.885 bits per heavy atom. The molecule has 0 saturated carbocycles. The third kappa shape index (κ3) is 71.1. The van der Waals surface area contributed by atoms with Gasteiger partial charge < -0.3 is 20.1 Å². The van der Waals surface area contributed by atoms with Crippen LogP contribution in [0.1, 0.15) is 309 Å². The Morgan fingerprint density at radius 1 is 0.345 bits per heavy atom. The minimum Gasteiger partial charge on any atom is -0.462 e. The Balaban J connectivity index is 3.83. The molecule has 0 aromatic heterocycles. The van der Waals surface area contributed by atoms with Gasteiger partial charge in [-0.25, -0.2) is 4.57 Å². The second-order valence-corrected chi connectivity index (χ2v) is 24.8. The summed E-state index contributed by atoms with van der Waals surface area (Å²) in [6.45, 7) is 3.52. The molecular formula is C77H132NO8P. The van der Waals surface area contributed by atoms with Crippen molar-refractivity contribution >= 4 is 19.8 Å². The van der Waals surface area contributed by atoms with Crippen LogP contribution in [0.4, 0.5) is 0 Å². The maximum atomic E-state index is 12.7. The molecule has 0 saturated heterocycles. The molecule has 0 aliphatic carbocycles. The number of hydrogen-bond acceptors (Lipinski definition) is 8. The molecule has 10 heteroatoms. The number of unbranched alkanes of at least 4 members (excludes halogenated alkanes) is 31. The van der Waals surface area contributed by atoms with Crippen molar-refractivity contribution in [3.8, 4) is 0 Å². The van der Waals surface area contributed by atoms with Crippen LogP contribution in [0.3, 0.4) is 0 Å². The summed E-state index contributed by atoms with van der Waals surface area (Å²) in [7, 11) is -4.40. The Morgan fingerprint density at radius 2 is 0.598 bits per heavy atom. The standard InChI is InChI=1S/C77H132NO8P/c1-3-5-7-9-11-13-15-17-19-21-23-25-27-29-30-31-32-33-34-35-36-37-38-39-40-41-42-43-44-46-47-49-51-53-55-57-59-61-63-65-67-69-76(79)83-73-75(74-85-87(81,82)84-72-71-78)86-77(80)70-68-66-64-62-60-58-56-54-52-50-48-45-28-26-24-22-20-18-16-14-12-10-8-6-4-2/h5-8,11-14,17-20,23-26,29-30,45,48,52,54,75H,3-4,9-10,15-16,21-22,27-28,31-44,46-47,49-51,53,55-74,78H2,1-2H3,(H,81,82)/b7-5-,8-6-,13-11-,14-12-,19-17-,20-18-,25-23-,26-24-,30-29-,48-45-,54-52-. The number of rotatable bonds is 66. The van der Waals surface area contributed by atoms with Crippen LogP contribution in [0.25, 0.3) is 0 Å². The van der Waals surface area contributed by atoms with Crippen molar-refractivity contribution in [3.05, 3.63) is 134 Å². The second kappa shape index (κ2) is 71.2. The Hall–Kier alpha value is -3.85. The van der Waals surface area contributed by atoms with E-state index in [1.165, 1.54) is 148 Å². The van der Waals surface area contributed by atoms with Gasteiger partial charge in [-0.1, -0.05) is 321 Å². The summed E-state index contributed by atoms with van der Waals surface area (Å²) < 4.78 is 33.2. The molecule has 0 radical (unpaired) electrons. The van der Waals surface area contributed by atoms with Crippen molar-refractivity contribution in [1.29, 1.82) is 0 Å². The summed E-state index contributed by atoms with van der Waals surface area (Å²) in [5, 5.41) is 0. The highest BCUT2D eigenvalue weighted by atomic mass is 31.2. The average Bonchev–Trinajstić information content (AvgIpc) is 3.64. The lowest BCUT2D eigenvalue weighted by Gasteiger charge is -2.19. The van der Waals surface area contributed by atoms with E-state index in [1.54, 1.807) is 0 Å². The zero-order chi connectivity index (χ0) is 63.0. The van der Waals surface area contributed by atoms with Crippen molar-refractivity contribution < 1.29 is 37.6 Å². The van der Waals surface area contributed by atoms with E-state index in [4.69, 9.17) is 24.3 Å². The molecule has 2 unspecified atom stereocenters. The third-order valence-corrected chi connectivity index (χ3v) is 16.0. The monoisotopic (exact) mass is 1230 g/mol. The van der Waals surface area contributed by atoms with Crippen molar-refractivity contribution in [2.24, 2.45) is 5.73 Å². The van der Waals surface area contributed by atoms with Crippen molar-refractivity contribution in [2.45, 2.75) is 315 Å². The molecule has 498 valence electrons. The summed E-state index contributed by atoms with van der Waals surface area (Å²) >= 11 is 0. The first kappa shape index (κ1) is 83.2. The van der Waals surface area contributed by atoms with E-state index in [1.807, 2.05) is 0 Å². The lowest BCUT2D eigenvalue weighted by molar-refractivity contribution is -0.161. The first-order valence-electron chi connectivity index (χ1n) is 35.7. The molecule has 9 nitrogen and oxygen atoms in total. The van der Waals surface area contributed by atoms with Gasteiger partial charge in [0.2, 0.25) is 0 Å². The number of phosphoric ester groups is 1. The average molecular weight is 1230 g/mol. The third-order valence-electron chi connectivity index (χ3n) is 15.0. The van der Waals surface area contributed by atoms with E-state index in [2.05, 4.69) is 148 Å². The van der Waals surface area contributed by atoms with Crippen molar-refractivity contribution in [2.75, 3.05) is 26.4 Å². The molecule has 3 N–H and O–H groups in total. The minimum atomic E-state index is -4.40. The smallest absolute Gasteiger partial charge is 0.462 e. The van der Waals surface area contributed by atoms with E-state index in [-0.39, 0.29) is 38.6 Å². The van der Waals surface area contributed by atoms with Crippen LogP contribution < -0.4 is 5.73 Å². The summed E-state index contributed by atoms with van der Waals surface area (Å²) in [6.07, 6.45) is 101. The fourth-order valence-corrected chi connectivity index (χ4v) is 10.6. The SMILES string of the molecule is CC/C=C\C/C=C\C/C=C\C/C=C\C/C=C\C/C=C\CCCCCCCCC(=O)OC(COC(=O)CCCCCCCCCCCCCCCCCCCCCCCCCCC/C=C\C/C=C\C/C=C\C/C=C\C/C=C\CC)COP(=O)(O)OCCN. The van der Waals surface area contributed by atoms with E-state index in [9.17, 15) is 19.0 Å². The highest BCUT2D eigenvalue weighted by Gasteiger charge is 2.26. The zero-order valence-electron chi connectivity index (χ0n) is 56.0. The number of carbonyl (C=O) groups is 2. The van der Waals surface area contributed by atoms with Crippen LogP contribution in [-0.2, 0) is 32.7 Å². The van der Waals surface area contributed by atoms with Crippen LogP contribution in [0.2, 0.25) is 0 Å². The molecule has 0 bridgehead atoms. The summed E-state index contributed by atoms with van der Waals surface area (Å²) in [4.78, 5) is 35.3. The predicted molar refractivity (Wildman–Crippen MR) is 376 cm³/mol. The van der Waals surface area contributed by atoms with Gasteiger partial charge in [0.25, 0.3) is 0 Å². The summed E-state index contributed by atoms with van der Waals surface area (Å²) in [5.41, 5.74) is 5.40. The molecule has 2 atom stereocenters. The topological polar surface area (TPSA) is 134 Å². The Labute approximate surface area is 535 Å². The van der Waals surface area contributed by atoms with E-state index in [0.717, 1.165) is 128 Å². The fraction of sp³-hybridized carbons (Fsp3) is 0.688. The molecule has 0 aliphatic heterocycles. The quantitative estimate of drug-likeness (QED) is 0.0264. The van der Waals surface area contributed by atoms with Crippen LogP contribution >= 0.6 is 7.82 Å². The molecule has 0 aromatic rings. The van der Waals surface area contributed by atoms with Crippen LogP contribution in [0.5, 0.6) is 0 Å². The fourth-order valence-electron chi connectivity index (χ4n) is 9.85. The number of nitrogens with two attached hydrogens (primary N) is 1. The second-order valence-electron chi connectivity index (χ2n) is 23.3. The predicted octanol–water partition coefficient (Wildman–Crippen LogP) is 23.6. The van der Waals surface area contributed by atoms with Crippen LogP contribution in [-0.4, -0.2) is 49.3 Å². The highest BCUT2D eigenvalue weighted by molar-refractivity contribution is 7.47. The maximum Gasteiger partial charge on any atom is 0.472 e.